The minimum Gasteiger partial charge on any atom is -0.476 e. The van der Waals surface area contributed by atoms with Gasteiger partial charge in [-0.05, 0) is 34.2 Å². The number of aromatic carboxylic acids is 1. The number of halogens is 1. The molecule has 0 atom stereocenters. The first kappa shape index (κ1) is 14.2. The predicted octanol–water partition coefficient (Wildman–Crippen LogP) is 2.95. The summed E-state index contributed by atoms with van der Waals surface area (Å²) in [6.07, 6.45) is 4.86. The maximum Gasteiger partial charge on any atom is 0.355 e. The summed E-state index contributed by atoms with van der Waals surface area (Å²) >= 11 is 3.16. The average molecular weight is 328 g/mol. The first-order valence-corrected chi connectivity index (χ1v) is 7.25. The van der Waals surface area contributed by atoms with Crippen LogP contribution in [-0.4, -0.2) is 34.1 Å². The Morgan fingerprint density at radius 1 is 1.53 bits per heavy atom. The zero-order valence-electron chi connectivity index (χ0n) is 11.2. The fraction of sp³-hybridized carbons (Fsp3) is 0.615. The molecule has 2 rings (SSSR count). The van der Waals surface area contributed by atoms with E-state index in [1.165, 1.54) is 12.6 Å². The third-order valence-electron chi connectivity index (χ3n) is 4.04. The number of aromatic nitrogens is 2. The van der Waals surface area contributed by atoms with Gasteiger partial charge in [0.2, 0.25) is 5.95 Å². The second kappa shape index (κ2) is 5.45. The third kappa shape index (κ3) is 3.05. The van der Waals surface area contributed by atoms with E-state index in [1.54, 1.807) is 0 Å². The molecule has 1 aromatic rings. The number of rotatable bonds is 3. The van der Waals surface area contributed by atoms with E-state index >= 15 is 0 Å². The van der Waals surface area contributed by atoms with Gasteiger partial charge in [-0.15, -0.1) is 0 Å². The van der Waals surface area contributed by atoms with Gasteiger partial charge in [-0.2, -0.15) is 0 Å². The summed E-state index contributed by atoms with van der Waals surface area (Å²) in [5.74, 6) is -0.523. The summed E-state index contributed by atoms with van der Waals surface area (Å²) in [7, 11) is 0. The quantitative estimate of drug-likeness (QED) is 0.924. The molecular weight excluding hydrogens is 310 g/mol. The second-order valence-corrected chi connectivity index (χ2v) is 6.18. The van der Waals surface area contributed by atoms with Crippen LogP contribution in [0.5, 0.6) is 0 Å². The highest BCUT2D eigenvalue weighted by Crippen LogP contribution is 2.35. The van der Waals surface area contributed by atoms with Crippen molar-refractivity contribution in [1.82, 2.24) is 9.97 Å². The van der Waals surface area contributed by atoms with E-state index in [4.69, 9.17) is 5.11 Å². The topological polar surface area (TPSA) is 66.3 Å². The minimum atomic E-state index is -1.04. The highest BCUT2D eigenvalue weighted by atomic mass is 79.9. The Morgan fingerprint density at radius 2 is 2.16 bits per heavy atom. The number of hydrogen-bond acceptors (Lipinski definition) is 4. The molecular formula is C13H18BrN3O2. The summed E-state index contributed by atoms with van der Waals surface area (Å²) in [5.41, 5.74) is 0.412. The monoisotopic (exact) mass is 327 g/mol. The highest BCUT2D eigenvalue weighted by Gasteiger charge is 2.29. The van der Waals surface area contributed by atoms with Gasteiger partial charge in [-0.3, -0.25) is 0 Å². The number of hydrogen-bond donors (Lipinski definition) is 1. The number of piperidine rings is 1. The zero-order valence-corrected chi connectivity index (χ0v) is 12.8. The molecule has 5 nitrogen and oxygen atoms in total. The molecule has 0 aliphatic carbocycles. The average Bonchev–Trinajstić information content (AvgIpc) is 2.40. The van der Waals surface area contributed by atoms with Gasteiger partial charge >= 0.3 is 5.97 Å². The van der Waals surface area contributed by atoms with Crippen LogP contribution in [0.4, 0.5) is 5.95 Å². The van der Waals surface area contributed by atoms with Gasteiger partial charge in [0.25, 0.3) is 0 Å². The standard InChI is InChI=1S/C13H18BrN3O2/c1-3-13(2)4-6-17(7-5-13)12-15-8-9(14)10(16-12)11(18)19/h8H,3-7H2,1-2H3,(H,18,19). The molecule has 0 amide bonds. The van der Waals surface area contributed by atoms with Crippen LogP contribution in [0.25, 0.3) is 0 Å². The van der Waals surface area contributed by atoms with E-state index in [9.17, 15) is 4.79 Å². The Bertz CT molecular complexity index is 485. The van der Waals surface area contributed by atoms with Gasteiger partial charge in [-0.25, -0.2) is 14.8 Å². The van der Waals surface area contributed by atoms with Crippen molar-refractivity contribution >= 4 is 27.8 Å². The van der Waals surface area contributed by atoms with Crippen LogP contribution >= 0.6 is 15.9 Å². The van der Waals surface area contributed by atoms with Gasteiger partial charge in [0, 0.05) is 19.3 Å². The highest BCUT2D eigenvalue weighted by molar-refractivity contribution is 9.10. The van der Waals surface area contributed by atoms with E-state index in [-0.39, 0.29) is 5.69 Å². The van der Waals surface area contributed by atoms with Crippen LogP contribution in [0.2, 0.25) is 0 Å². The number of anilines is 1. The smallest absolute Gasteiger partial charge is 0.355 e. The Balaban J connectivity index is 2.16. The van der Waals surface area contributed by atoms with Crippen LogP contribution in [0.1, 0.15) is 43.6 Å². The number of carboxylic acid groups (broad SMARTS) is 1. The lowest BCUT2D eigenvalue weighted by Crippen LogP contribution is -2.39. The number of carbonyl (C=O) groups is 1. The van der Waals surface area contributed by atoms with Gasteiger partial charge in [-0.1, -0.05) is 20.3 Å². The Hall–Kier alpha value is -1.17. The normalized spacial score (nSPS) is 18.4. The molecule has 104 valence electrons. The Kier molecular flexibility index (Phi) is 4.08. The van der Waals surface area contributed by atoms with E-state index in [1.807, 2.05) is 0 Å². The van der Waals surface area contributed by atoms with Crippen molar-refractivity contribution in [3.8, 4) is 0 Å². The van der Waals surface area contributed by atoms with Gasteiger partial charge in [0.05, 0.1) is 4.47 Å². The molecule has 1 fully saturated rings. The second-order valence-electron chi connectivity index (χ2n) is 5.32. The summed E-state index contributed by atoms with van der Waals surface area (Å²) in [6.45, 7) is 6.28. The maximum absolute atomic E-state index is 11.1. The molecule has 0 radical (unpaired) electrons. The molecule has 1 aliphatic rings. The first-order chi connectivity index (χ1) is 8.95. The molecule has 6 heteroatoms. The summed E-state index contributed by atoms with van der Waals surface area (Å²) in [6, 6.07) is 0. The molecule has 1 aliphatic heterocycles. The Labute approximate surface area is 121 Å². The van der Waals surface area contributed by atoms with Crippen LogP contribution in [0, 0.1) is 5.41 Å². The van der Waals surface area contributed by atoms with Crippen molar-refractivity contribution < 1.29 is 9.90 Å². The van der Waals surface area contributed by atoms with E-state index in [0.29, 0.717) is 15.8 Å². The fourth-order valence-electron chi connectivity index (χ4n) is 2.26. The lowest BCUT2D eigenvalue weighted by Gasteiger charge is -2.38. The Morgan fingerprint density at radius 3 is 2.68 bits per heavy atom. The van der Waals surface area contributed by atoms with Crippen molar-refractivity contribution in [2.75, 3.05) is 18.0 Å². The SMILES string of the molecule is CCC1(C)CCN(c2ncc(Br)c(C(=O)O)n2)CC1. The fourth-order valence-corrected chi connectivity index (χ4v) is 2.62. The van der Waals surface area contributed by atoms with Crippen LogP contribution < -0.4 is 4.90 Å². The van der Waals surface area contributed by atoms with Gasteiger partial charge in [0.15, 0.2) is 5.69 Å². The summed E-state index contributed by atoms with van der Waals surface area (Å²) in [5, 5.41) is 9.07. The lowest BCUT2D eigenvalue weighted by molar-refractivity contribution is 0.0689. The number of nitrogens with zero attached hydrogens (tertiary/aromatic N) is 3. The molecule has 1 N–H and O–H groups in total. The van der Waals surface area contributed by atoms with E-state index in [0.717, 1.165) is 25.9 Å². The molecule has 1 aromatic heterocycles. The predicted molar refractivity (Wildman–Crippen MR) is 76.5 cm³/mol. The van der Waals surface area contributed by atoms with Crippen molar-refractivity contribution in [3.63, 3.8) is 0 Å². The third-order valence-corrected chi connectivity index (χ3v) is 4.62. The van der Waals surface area contributed by atoms with Crippen LogP contribution in [0.15, 0.2) is 10.7 Å². The number of carboxylic acids is 1. The van der Waals surface area contributed by atoms with E-state index < -0.39 is 5.97 Å². The van der Waals surface area contributed by atoms with Crippen molar-refractivity contribution in [2.45, 2.75) is 33.1 Å². The molecule has 19 heavy (non-hydrogen) atoms. The largest absolute Gasteiger partial charge is 0.476 e. The van der Waals surface area contributed by atoms with Crippen molar-refractivity contribution in [1.29, 1.82) is 0 Å². The first-order valence-electron chi connectivity index (χ1n) is 6.46. The maximum atomic E-state index is 11.1. The van der Waals surface area contributed by atoms with Crippen molar-refractivity contribution in [2.24, 2.45) is 5.41 Å². The van der Waals surface area contributed by atoms with Crippen LogP contribution in [0.3, 0.4) is 0 Å². The van der Waals surface area contributed by atoms with Crippen molar-refractivity contribution in [3.05, 3.63) is 16.4 Å². The van der Waals surface area contributed by atoms with Gasteiger partial charge in [0.1, 0.15) is 0 Å². The molecule has 0 unspecified atom stereocenters. The molecule has 0 bridgehead atoms. The summed E-state index contributed by atoms with van der Waals surface area (Å²) in [4.78, 5) is 21.5. The van der Waals surface area contributed by atoms with Crippen LogP contribution in [-0.2, 0) is 0 Å². The van der Waals surface area contributed by atoms with E-state index in [2.05, 4.69) is 44.6 Å². The minimum absolute atomic E-state index is 0.0221. The molecule has 0 aromatic carbocycles. The zero-order chi connectivity index (χ0) is 14.0. The molecule has 2 heterocycles. The molecule has 0 spiro atoms. The van der Waals surface area contributed by atoms with Gasteiger partial charge < -0.3 is 10.0 Å². The lowest BCUT2D eigenvalue weighted by atomic mass is 9.78. The molecule has 0 saturated carbocycles. The summed E-state index contributed by atoms with van der Waals surface area (Å²) < 4.78 is 0.416. The molecule has 1 saturated heterocycles.